The van der Waals surface area contributed by atoms with Crippen molar-refractivity contribution < 1.29 is 39.5 Å². The molecule has 0 bridgehead atoms. The second-order valence-corrected chi connectivity index (χ2v) is 8.75. The Kier molecular flexibility index (Phi) is 5.94. The second-order valence-electron chi connectivity index (χ2n) is 8.75. The van der Waals surface area contributed by atoms with Gasteiger partial charge in [0.15, 0.2) is 36.0 Å². The number of carbonyl (C=O) groups is 2. The molecule has 9 heteroatoms. The minimum atomic E-state index is -1.65. The molecule has 2 aromatic carbocycles. The lowest BCUT2D eigenvalue weighted by molar-refractivity contribution is -0.140. The van der Waals surface area contributed by atoms with Gasteiger partial charge < -0.3 is 29.9 Å². The summed E-state index contributed by atoms with van der Waals surface area (Å²) in [5.41, 5.74) is 2.03. The van der Waals surface area contributed by atoms with Crippen LogP contribution in [0.25, 0.3) is 0 Å². The molecular formula is C26H25NO8. The van der Waals surface area contributed by atoms with Gasteiger partial charge in [0.05, 0.1) is 36.0 Å². The Morgan fingerprint density at radius 3 is 1.71 bits per heavy atom. The van der Waals surface area contributed by atoms with Crippen molar-refractivity contribution >= 4 is 17.3 Å². The van der Waals surface area contributed by atoms with Crippen molar-refractivity contribution in [2.75, 3.05) is 18.1 Å². The number of hydrogen-bond donors (Lipinski definition) is 4. The van der Waals surface area contributed by atoms with Gasteiger partial charge in [-0.1, -0.05) is 48.0 Å². The molecule has 4 N–H and O–H groups in total. The maximum atomic E-state index is 13.5. The molecule has 182 valence electrons. The van der Waals surface area contributed by atoms with Crippen LogP contribution in [0.15, 0.2) is 77.5 Å². The maximum Gasteiger partial charge on any atom is 0.209 e. The fraction of sp³-hybridized carbons (Fsp3) is 0.308. The molecule has 35 heavy (non-hydrogen) atoms. The molecular weight excluding hydrogens is 454 g/mol. The normalized spacial score (nSPS) is 26.8. The molecule has 3 aliphatic rings. The monoisotopic (exact) mass is 479 g/mol. The van der Waals surface area contributed by atoms with E-state index in [1.165, 1.54) is 4.90 Å². The highest BCUT2D eigenvalue weighted by molar-refractivity contribution is 6.10. The third kappa shape index (κ3) is 3.64. The highest BCUT2D eigenvalue weighted by atomic mass is 16.6. The van der Waals surface area contributed by atoms with Crippen LogP contribution >= 0.6 is 0 Å². The lowest BCUT2D eigenvalue weighted by Crippen LogP contribution is -2.54. The summed E-state index contributed by atoms with van der Waals surface area (Å²) >= 11 is 0. The highest BCUT2D eigenvalue weighted by Crippen LogP contribution is 2.49. The number of aliphatic hydroxyl groups is 4. The minimum Gasteiger partial charge on any atom is -0.469 e. The van der Waals surface area contributed by atoms with E-state index in [1.807, 2.05) is 19.1 Å². The Morgan fingerprint density at radius 1 is 0.771 bits per heavy atom. The SMILES string of the molecule is Cc1ccc(N2C3=C(C(=O)[C@H](O)[C@@H](CO)O3)C(c3ccccc3)C3=C2O[C@H](CO)[C@@H](O)C3=O)cc1. The first-order chi connectivity index (χ1) is 16.9. The molecule has 0 aliphatic carbocycles. The molecule has 0 aromatic heterocycles. The number of hydrogen-bond acceptors (Lipinski definition) is 9. The zero-order chi connectivity index (χ0) is 24.9. The van der Waals surface area contributed by atoms with Crippen molar-refractivity contribution in [2.24, 2.45) is 0 Å². The quantitative estimate of drug-likeness (QED) is 0.499. The summed E-state index contributed by atoms with van der Waals surface area (Å²) in [4.78, 5) is 28.5. The number of carbonyl (C=O) groups excluding carboxylic acids is 2. The Hall–Kier alpha value is -3.50. The Bertz CT molecular complexity index is 1170. The van der Waals surface area contributed by atoms with Crippen molar-refractivity contribution in [1.82, 2.24) is 0 Å². The third-order valence-electron chi connectivity index (χ3n) is 6.53. The van der Waals surface area contributed by atoms with Crippen LogP contribution in [0.4, 0.5) is 5.69 Å². The van der Waals surface area contributed by atoms with Crippen LogP contribution in [0.2, 0.25) is 0 Å². The number of aryl methyl sites for hydroxylation is 1. The molecule has 0 saturated heterocycles. The zero-order valence-electron chi connectivity index (χ0n) is 18.9. The van der Waals surface area contributed by atoms with Crippen molar-refractivity contribution in [1.29, 1.82) is 0 Å². The van der Waals surface area contributed by atoms with E-state index in [0.29, 0.717) is 11.3 Å². The molecule has 2 aromatic rings. The van der Waals surface area contributed by atoms with Gasteiger partial charge in [-0.05, 0) is 24.6 Å². The van der Waals surface area contributed by atoms with E-state index >= 15 is 0 Å². The van der Waals surface area contributed by atoms with Crippen molar-refractivity contribution in [2.45, 2.75) is 37.3 Å². The molecule has 0 radical (unpaired) electrons. The van der Waals surface area contributed by atoms with Gasteiger partial charge in [-0.25, -0.2) is 0 Å². The number of aliphatic hydroxyl groups excluding tert-OH is 4. The summed E-state index contributed by atoms with van der Waals surface area (Å²) in [5, 5.41) is 40.8. The number of ketones is 2. The van der Waals surface area contributed by atoms with Crippen molar-refractivity contribution in [3.63, 3.8) is 0 Å². The van der Waals surface area contributed by atoms with E-state index in [9.17, 15) is 30.0 Å². The van der Waals surface area contributed by atoms with Crippen LogP contribution in [-0.4, -0.2) is 69.6 Å². The average molecular weight is 479 g/mol. The van der Waals surface area contributed by atoms with E-state index < -0.39 is 55.1 Å². The highest BCUT2D eigenvalue weighted by Gasteiger charge is 2.53. The largest absolute Gasteiger partial charge is 0.469 e. The topological polar surface area (TPSA) is 137 Å². The smallest absolute Gasteiger partial charge is 0.209 e. The summed E-state index contributed by atoms with van der Waals surface area (Å²) in [5.74, 6) is -2.39. The van der Waals surface area contributed by atoms with E-state index in [-0.39, 0.29) is 22.9 Å². The zero-order valence-corrected chi connectivity index (χ0v) is 18.9. The maximum absolute atomic E-state index is 13.5. The molecule has 0 unspecified atom stereocenters. The Morgan fingerprint density at radius 2 is 1.26 bits per heavy atom. The minimum absolute atomic E-state index is 0.0108. The number of nitrogens with zero attached hydrogens (tertiary/aromatic N) is 1. The van der Waals surface area contributed by atoms with Gasteiger partial charge in [-0.2, -0.15) is 0 Å². The van der Waals surface area contributed by atoms with Crippen LogP contribution in [0.1, 0.15) is 17.0 Å². The fourth-order valence-electron chi connectivity index (χ4n) is 4.71. The molecule has 4 atom stereocenters. The van der Waals surface area contributed by atoms with Crippen LogP contribution in [0.5, 0.6) is 0 Å². The number of anilines is 1. The third-order valence-corrected chi connectivity index (χ3v) is 6.53. The van der Waals surface area contributed by atoms with E-state index in [0.717, 1.165) is 5.56 Å². The number of benzene rings is 2. The second kappa shape index (κ2) is 8.94. The van der Waals surface area contributed by atoms with Gasteiger partial charge in [-0.3, -0.25) is 14.5 Å². The molecule has 3 heterocycles. The summed E-state index contributed by atoms with van der Waals surface area (Å²) in [6, 6.07) is 15.8. The molecule has 0 saturated carbocycles. The van der Waals surface area contributed by atoms with E-state index in [4.69, 9.17) is 9.47 Å². The fourth-order valence-corrected chi connectivity index (χ4v) is 4.71. The molecule has 0 amide bonds. The summed E-state index contributed by atoms with van der Waals surface area (Å²) < 4.78 is 12.0. The van der Waals surface area contributed by atoms with E-state index in [2.05, 4.69) is 0 Å². The molecule has 0 spiro atoms. The predicted molar refractivity (Wildman–Crippen MR) is 123 cm³/mol. The Labute approximate surface area is 201 Å². The number of Topliss-reactive ketones (excluding diaryl/α,β-unsaturated/α-hetero) is 2. The van der Waals surface area contributed by atoms with Crippen LogP contribution in [0.3, 0.4) is 0 Å². The summed E-state index contributed by atoms with van der Waals surface area (Å²) in [6.45, 7) is 0.661. The van der Waals surface area contributed by atoms with Gasteiger partial charge in [-0.15, -0.1) is 0 Å². The van der Waals surface area contributed by atoms with Crippen molar-refractivity contribution in [3.8, 4) is 0 Å². The first kappa shape index (κ1) is 23.3. The first-order valence-corrected chi connectivity index (χ1v) is 11.3. The predicted octanol–water partition coefficient (Wildman–Crippen LogP) is 0.664. The van der Waals surface area contributed by atoms with Crippen molar-refractivity contribution in [3.05, 3.63) is 88.6 Å². The first-order valence-electron chi connectivity index (χ1n) is 11.3. The van der Waals surface area contributed by atoms with Crippen LogP contribution in [0, 0.1) is 6.92 Å². The molecule has 3 aliphatic heterocycles. The molecule has 5 rings (SSSR count). The summed E-state index contributed by atoms with van der Waals surface area (Å²) in [7, 11) is 0. The Balaban J connectivity index is 1.82. The average Bonchev–Trinajstić information content (AvgIpc) is 2.88. The molecule has 9 nitrogen and oxygen atoms in total. The summed E-state index contributed by atoms with van der Waals surface area (Å²) in [6.07, 6.45) is -5.76. The molecule has 0 fully saturated rings. The van der Waals surface area contributed by atoms with Gasteiger partial charge in [0, 0.05) is 0 Å². The lowest BCUT2D eigenvalue weighted by Gasteiger charge is -2.46. The van der Waals surface area contributed by atoms with E-state index in [1.54, 1.807) is 42.5 Å². The van der Waals surface area contributed by atoms with Gasteiger partial charge in [0.1, 0.15) is 0 Å². The lowest BCUT2D eigenvalue weighted by atomic mass is 9.75. The number of rotatable bonds is 4. The van der Waals surface area contributed by atoms with Gasteiger partial charge >= 0.3 is 0 Å². The standard InChI is InChI=1S/C26H25NO8/c1-13-7-9-15(10-8-13)27-25-19(23(32)21(30)16(11-28)34-25)18(14-5-3-2-4-6-14)20-24(33)22(31)17(12-29)35-26(20)27/h2-10,16-18,21-22,28-31H,11-12H2,1H3/t16-,17-,21-,22-/m1/s1. The number of ether oxygens (including phenoxy) is 2. The van der Waals surface area contributed by atoms with Crippen LogP contribution < -0.4 is 4.90 Å². The van der Waals surface area contributed by atoms with Crippen LogP contribution in [-0.2, 0) is 19.1 Å². The van der Waals surface area contributed by atoms with Gasteiger partial charge in [0.2, 0.25) is 11.8 Å². The van der Waals surface area contributed by atoms with Gasteiger partial charge in [0.25, 0.3) is 0 Å².